The van der Waals surface area contributed by atoms with Crippen LogP contribution < -0.4 is 10.2 Å². The third-order valence-electron chi connectivity index (χ3n) is 3.52. The quantitative estimate of drug-likeness (QED) is 0.896. The van der Waals surface area contributed by atoms with Crippen LogP contribution >= 0.6 is 0 Å². The molecule has 2 rings (SSSR count). The van der Waals surface area contributed by atoms with Crippen molar-refractivity contribution < 1.29 is 18.3 Å². The van der Waals surface area contributed by atoms with Crippen LogP contribution in [0.15, 0.2) is 6.07 Å². The van der Waals surface area contributed by atoms with Gasteiger partial charge in [0.15, 0.2) is 5.69 Å². The van der Waals surface area contributed by atoms with Crippen molar-refractivity contribution in [1.82, 2.24) is 9.97 Å². The molecule has 0 aliphatic carbocycles. The smallest absolute Gasteiger partial charge is 0.393 e. The molecule has 0 bridgehead atoms. The molecule has 2 atom stereocenters. The summed E-state index contributed by atoms with van der Waals surface area (Å²) in [6.45, 7) is 5.03. The molecule has 2 N–H and O–H groups in total. The van der Waals surface area contributed by atoms with Gasteiger partial charge < -0.3 is 15.3 Å². The van der Waals surface area contributed by atoms with Crippen LogP contribution in [-0.2, 0) is 6.18 Å². The van der Waals surface area contributed by atoms with E-state index < -0.39 is 18.0 Å². The topological polar surface area (TPSA) is 61.3 Å². The Hall–Kier alpha value is -1.57. The van der Waals surface area contributed by atoms with Gasteiger partial charge in [-0.25, -0.2) is 4.98 Å². The van der Waals surface area contributed by atoms with Crippen molar-refractivity contribution in [3.8, 4) is 0 Å². The van der Waals surface area contributed by atoms with Crippen LogP contribution in [0.4, 0.5) is 24.9 Å². The van der Waals surface area contributed by atoms with Crippen LogP contribution in [0.3, 0.4) is 0 Å². The lowest BCUT2D eigenvalue weighted by Crippen LogP contribution is -2.42. The fourth-order valence-electron chi connectivity index (χ4n) is 2.32. The van der Waals surface area contributed by atoms with E-state index in [-0.39, 0.29) is 17.7 Å². The summed E-state index contributed by atoms with van der Waals surface area (Å²) in [5, 5.41) is 12.4. The third kappa shape index (κ3) is 3.75. The molecule has 21 heavy (non-hydrogen) atoms. The fourth-order valence-corrected chi connectivity index (χ4v) is 2.32. The van der Waals surface area contributed by atoms with E-state index >= 15 is 0 Å². The van der Waals surface area contributed by atoms with Crippen molar-refractivity contribution >= 4 is 11.8 Å². The third-order valence-corrected chi connectivity index (χ3v) is 3.52. The van der Waals surface area contributed by atoms with Crippen molar-refractivity contribution in [2.75, 3.05) is 29.9 Å². The Bertz CT molecular complexity index is 495. The standard InChI is InChI=1S/C13H19F3N4O/c1-3-17-12-18-10(13(14,15)16)6-11(19-12)20-5-4-9(21)8(2)7-20/h6,8-9,21H,3-5,7H2,1-2H3,(H,17,18,19). The lowest BCUT2D eigenvalue weighted by molar-refractivity contribution is -0.141. The number of nitrogens with zero attached hydrogens (tertiary/aromatic N) is 3. The Labute approximate surface area is 121 Å². The maximum absolute atomic E-state index is 12.9. The highest BCUT2D eigenvalue weighted by atomic mass is 19.4. The zero-order valence-corrected chi connectivity index (χ0v) is 12.0. The van der Waals surface area contributed by atoms with Gasteiger partial charge in [-0.05, 0) is 19.3 Å². The number of halogens is 3. The van der Waals surface area contributed by atoms with Crippen molar-refractivity contribution in [2.24, 2.45) is 5.92 Å². The number of anilines is 2. The Morgan fingerprint density at radius 3 is 2.71 bits per heavy atom. The van der Waals surface area contributed by atoms with Gasteiger partial charge in [0, 0.05) is 25.7 Å². The van der Waals surface area contributed by atoms with Crippen LogP contribution in [-0.4, -0.2) is 40.8 Å². The molecule has 0 aromatic carbocycles. The number of aliphatic hydroxyl groups excluding tert-OH is 1. The Morgan fingerprint density at radius 1 is 1.43 bits per heavy atom. The average Bonchev–Trinajstić information content (AvgIpc) is 2.41. The second-order valence-corrected chi connectivity index (χ2v) is 5.24. The highest BCUT2D eigenvalue weighted by Crippen LogP contribution is 2.31. The first-order valence-electron chi connectivity index (χ1n) is 6.94. The maximum Gasteiger partial charge on any atom is 0.433 e. The minimum absolute atomic E-state index is 0.00867. The number of hydrogen-bond donors (Lipinski definition) is 2. The molecule has 5 nitrogen and oxygen atoms in total. The number of rotatable bonds is 3. The minimum Gasteiger partial charge on any atom is -0.393 e. The summed E-state index contributed by atoms with van der Waals surface area (Å²) in [6.07, 6.45) is -4.41. The molecule has 1 aromatic heterocycles. The lowest BCUT2D eigenvalue weighted by Gasteiger charge is -2.35. The number of alkyl halides is 3. The van der Waals surface area contributed by atoms with Gasteiger partial charge in [0.05, 0.1) is 6.10 Å². The summed E-state index contributed by atoms with van der Waals surface area (Å²) in [5.41, 5.74) is -0.956. The van der Waals surface area contributed by atoms with Crippen molar-refractivity contribution in [2.45, 2.75) is 32.5 Å². The van der Waals surface area contributed by atoms with Gasteiger partial charge in [0.25, 0.3) is 0 Å². The van der Waals surface area contributed by atoms with Crippen molar-refractivity contribution in [3.63, 3.8) is 0 Å². The van der Waals surface area contributed by atoms with E-state index in [1.807, 2.05) is 6.92 Å². The SMILES string of the molecule is CCNc1nc(N2CCC(O)C(C)C2)cc(C(F)(F)F)n1. The van der Waals surface area contributed by atoms with E-state index in [0.717, 1.165) is 6.07 Å². The molecule has 0 spiro atoms. The second kappa shape index (κ2) is 6.05. The normalized spacial score (nSPS) is 23.2. The number of hydrogen-bond acceptors (Lipinski definition) is 5. The largest absolute Gasteiger partial charge is 0.433 e. The van der Waals surface area contributed by atoms with Crippen molar-refractivity contribution in [3.05, 3.63) is 11.8 Å². The molecular formula is C13H19F3N4O. The van der Waals surface area contributed by atoms with E-state index in [0.29, 0.717) is 26.1 Å². The summed E-state index contributed by atoms with van der Waals surface area (Å²) in [4.78, 5) is 9.40. The Balaban J connectivity index is 2.31. The molecule has 2 heterocycles. The molecule has 0 amide bonds. The van der Waals surface area contributed by atoms with Gasteiger partial charge in [-0.15, -0.1) is 0 Å². The fraction of sp³-hybridized carbons (Fsp3) is 0.692. The molecule has 1 fully saturated rings. The summed E-state index contributed by atoms with van der Waals surface area (Å²) in [6, 6.07) is 0.964. The van der Waals surface area contributed by atoms with Gasteiger partial charge in [0.1, 0.15) is 5.82 Å². The summed E-state index contributed by atoms with van der Waals surface area (Å²) in [5.74, 6) is 0.207. The first kappa shape index (κ1) is 15.8. The molecule has 118 valence electrons. The van der Waals surface area contributed by atoms with Gasteiger partial charge >= 0.3 is 6.18 Å². The maximum atomic E-state index is 12.9. The van der Waals surface area contributed by atoms with Crippen molar-refractivity contribution in [1.29, 1.82) is 0 Å². The van der Waals surface area contributed by atoms with E-state index in [2.05, 4.69) is 15.3 Å². The monoisotopic (exact) mass is 304 g/mol. The van der Waals surface area contributed by atoms with Gasteiger partial charge in [-0.3, -0.25) is 0 Å². The Kier molecular flexibility index (Phi) is 4.55. The predicted octanol–water partition coefficient (Wildman–Crippen LogP) is 2.13. The number of aliphatic hydroxyl groups is 1. The van der Waals surface area contributed by atoms with Crippen LogP contribution in [0.25, 0.3) is 0 Å². The van der Waals surface area contributed by atoms with Crippen LogP contribution in [0.1, 0.15) is 26.0 Å². The summed E-state index contributed by atoms with van der Waals surface area (Å²) < 4.78 is 38.8. The highest BCUT2D eigenvalue weighted by Gasteiger charge is 2.35. The predicted molar refractivity (Wildman–Crippen MR) is 73.2 cm³/mol. The van der Waals surface area contributed by atoms with E-state index in [1.165, 1.54) is 0 Å². The minimum atomic E-state index is -4.51. The highest BCUT2D eigenvalue weighted by molar-refractivity contribution is 5.46. The van der Waals surface area contributed by atoms with E-state index in [1.54, 1.807) is 11.8 Å². The van der Waals surface area contributed by atoms with Gasteiger partial charge in [0.2, 0.25) is 5.95 Å². The molecule has 8 heteroatoms. The number of piperidine rings is 1. The molecule has 0 radical (unpaired) electrons. The first-order chi connectivity index (χ1) is 9.81. The van der Waals surface area contributed by atoms with E-state index in [4.69, 9.17) is 0 Å². The second-order valence-electron chi connectivity index (χ2n) is 5.24. The Morgan fingerprint density at radius 2 is 2.14 bits per heavy atom. The van der Waals surface area contributed by atoms with Crippen LogP contribution in [0, 0.1) is 5.92 Å². The molecule has 1 aliphatic heterocycles. The van der Waals surface area contributed by atoms with Gasteiger partial charge in [-0.1, -0.05) is 6.92 Å². The zero-order chi connectivity index (χ0) is 15.6. The van der Waals surface area contributed by atoms with Crippen LogP contribution in [0.2, 0.25) is 0 Å². The molecule has 1 saturated heterocycles. The first-order valence-corrected chi connectivity index (χ1v) is 6.94. The van der Waals surface area contributed by atoms with Gasteiger partial charge in [-0.2, -0.15) is 18.2 Å². The zero-order valence-electron chi connectivity index (χ0n) is 12.0. The van der Waals surface area contributed by atoms with Crippen LogP contribution in [0.5, 0.6) is 0 Å². The molecular weight excluding hydrogens is 285 g/mol. The average molecular weight is 304 g/mol. The number of aromatic nitrogens is 2. The molecule has 0 saturated carbocycles. The molecule has 1 aliphatic rings. The molecule has 2 unspecified atom stereocenters. The lowest BCUT2D eigenvalue weighted by atomic mass is 9.97. The number of nitrogens with one attached hydrogen (secondary N) is 1. The summed E-state index contributed by atoms with van der Waals surface area (Å²) in [7, 11) is 0. The van der Waals surface area contributed by atoms with E-state index in [9.17, 15) is 18.3 Å². The summed E-state index contributed by atoms with van der Waals surface area (Å²) >= 11 is 0. The molecule has 1 aromatic rings.